The Labute approximate surface area is 151 Å². The van der Waals surface area contributed by atoms with Crippen LogP contribution in [-0.2, 0) is 6.54 Å². The first kappa shape index (κ1) is 19.4. The van der Waals surface area contributed by atoms with E-state index < -0.39 is 0 Å². The smallest absolute Gasteiger partial charge is 0.194 e. The normalized spacial score (nSPS) is 18.0. The van der Waals surface area contributed by atoms with Gasteiger partial charge in [-0.1, -0.05) is 19.9 Å². The fourth-order valence-electron chi connectivity index (χ4n) is 3.40. The Balaban J connectivity index is 2.05. The van der Waals surface area contributed by atoms with E-state index in [0.29, 0.717) is 18.3 Å². The molecule has 2 N–H and O–H groups in total. The van der Waals surface area contributed by atoms with Crippen molar-refractivity contribution in [1.82, 2.24) is 15.1 Å². The van der Waals surface area contributed by atoms with Gasteiger partial charge in [0.15, 0.2) is 17.5 Å². The molecule has 1 fully saturated rings. The lowest BCUT2D eigenvalue weighted by Gasteiger charge is -2.27. The Bertz CT molecular complexity index is 573. The molecular weight excluding hydrogens is 316 g/mol. The standard InChI is InChI=1S/C19H32N4O2/c1-5-20-19(23-11-10-16(14-23)22(6-2)7-3)21-13-15-8-9-18(25-4)17(24)12-15/h8-9,12,16,24H,5-7,10-11,13-14H2,1-4H3,(H,20,21). The molecule has 0 amide bonds. The van der Waals surface area contributed by atoms with E-state index in [0.717, 1.165) is 44.2 Å². The average Bonchev–Trinajstić information content (AvgIpc) is 3.09. The number of hydrogen-bond acceptors (Lipinski definition) is 4. The average molecular weight is 348 g/mol. The third-order valence-corrected chi connectivity index (χ3v) is 4.78. The number of guanidine groups is 1. The number of aliphatic imine (C=N–C) groups is 1. The third kappa shape index (κ3) is 5.01. The van der Waals surface area contributed by atoms with E-state index in [2.05, 4.69) is 35.9 Å². The van der Waals surface area contributed by atoms with Gasteiger partial charge in [-0.3, -0.25) is 4.90 Å². The maximum atomic E-state index is 9.92. The predicted molar refractivity (Wildman–Crippen MR) is 102 cm³/mol. The highest BCUT2D eigenvalue weighted by molar-refractivity contribution is 5.80. The van der Waals surface area contributed by atoms with E-state index in [1.807, 2.05) is 6.07 Å². The van der Waals surface area contributed by atoms with Crippen LogP contribution in [0.5, 0.6) is 11.5 Å². The summed E-state index contributed by atoms with van der Waals surface area (Å²) < 4.78 is 5.09. The van der Waals surface area contributed by atoms with Gasteiger partial charge in [-0.2, -0.15) is 0 Å². The summed E-state index contributed by atoms with van der Waals surface area (Å²) in [5.41, 5.74) is 0.966. The van der Waals surface area contributed by atoms with Crippen molar-refractivity contribution in [3.8, 4) is 11.5 Å². The van der Waals surface area contributed by atoms with Crippen LogP contribution in [0.3, 0.4) is 0 Å². The number of methoxy groups -OCH3 is 1. The fourth-order valence-corrected chi connectivity index (χ4v) is 3.40. The van der Waals surface area contributed by atoms with Gasteiger partial charge in [0.05, 0.1) is 13.7 Å². The van der Waals surface area contributed by atoms with Crippen molar-refractivity contribution < 1.29 is 9.84 Å². The van der Waals surface area contributed by atoms with Crippen molar-refractivity contribution >= 4 is 5.96 Å². The van der Waals surface area contributed by atoms with Gasteiger partial charge in [0.2, 0.25) is 0 Å². The van der Waals surface area contributed by atoms with Crippen molar-refractivity contribution in [2.45, 2.75) is 39.8 Å². The highest BCUT2D eigenvalue weighted by Crippen LogP contribution is 2.26. The second-order valence-corrected chi connectivity index (χ2v) is 6.29. The summed E-state index contributed by atoms with van der Waals surface area (Å²) in [5, 5.41) is 13.3. The van der Waals surface area contributed by atoms with Gasteiger partial charge < -0.3 is 20.1 Å². The molecule has 140 valence electrons. The molecule has 1 aromatic rings. The van der Waals surface area contributed by atoms with Crippen LogP contribution in [0.2, 0.25) is 0 Å². The molecule has 1 unspecified atom stereocenters. The van der Waals surface area contributed by atoms with Crippen LogP contribution in [0.1, 0.15) is 32.8 Å². The quantitative estimate of drug-likeness (QED) is 0.585. The van der Waals surface area contributed by atoms with E-state index in [9.17, 15) is 5.11 Å². The topological polar surface area (TPSA) is 60.3 Å². The number of likely N-dealkylation sites (tertiary alicyclic amines) is 1. The molecule has 0 aliphatic carbocycles. The number of hydrogen-bond donors (Lipinski definition) is 2. The molecule has 1 aliphatic rings. The number of benzene rings is 1. The second-order valence-electron chi connectivity index (χ2n) is 6.29. The molecule has 2 rings (SSSR count). The van der Waals surface area contributed by atoms with Crippen molar-refractivity contribution in [3.05, 3.63) is 23.8 Å². The maximum absolute atomic E-state index is 9.92. The first-order valence-corrected chi connectivity index (χ1v) is 9.26. The number of nitrogens with one attached hydrogen (secondary N) is 1. The predicted octanol–water partition coefficient (Wildman–Crippen LogP) is 2.28. The number of phenols is 1. The maximum Gasteiger partial charge on any atom is 0.194 e. The van der Waals surface area contributed by atoms with Gasteiger partial charge in [0.1, 0.15) is 0 Å². The zero-order valence-corrected chi connectivity index (χ0v) is 16.0. The van der Waals surface area contributed by atoms with Crippen LogP contribution in [0.4, 0.5) is 0 Å². The molecule has 0 aromatic heterocycles. The number of nitrogens with zero attached hydrogens (tertiary/aromatic N) is 3. The van der Waals surface area contributed by atoms with Crippen molar-refractivity contribution in [3.63, 3.8) is 0 Å². The van der Waals surface area contributed by atoms with Gasteiger partial charge in [-0.05, 0) is 44.1 Å². The highest BCUT2D eigenvalue weighted by Gasteiger charge is 2.27. The van der Waals surface area contributed by atoms with Crippen LogP contribution < -0.4 is 10.1 Å². The number of aromatic hydroxyl groups is 1. The molecule has 1 aliphatic heterocycles. The summed E-state index contributed by atoms with van der Waals surface area (Å²) in [7, 11) is 1.55. The summed E-state index contributed by atoms with van der Waals surface area (Å²) in [4.78, 5) is 9.63. The molecule has 1 atom stereocenters. The summed E-state index contributed by atoms with van der Waals surface area (Å²) >= 11 is 0. The van der Waals surface area contributed by atoms with Crippen LogP contribution in [-0.4, -0.2) is 66.7 Å². The zero-order chi connectivity index (χ0) is 18.2. The lowest BCUT2D eigenvalue weighted by molar-refractivity contribution is 0.223. The van der Waals surface area contributed by atoms with E-state index in [4.69, 9.17) is 9.73 Å². The van der Waals surface area contributed by atoms with Crippen LogP contribution in [0.15, 0.2) is 23.2 Å². The van der Waals surface area contributed by atoms with E-state index in [-0.39, 0.29) is 5.75 Å². The molecule has 0 saturated carbocycles. The Hall–Kier alpha value is -1.95. The van der Waals surface area contributed by atoms with Gasteiger partial charge in [0.25, 0.3) is 0 Å². The number of ether oxygens (including phenoxy) is 1. The molecule has 0 bridgehead atoms. The lowest BCUT2D eigenvalue weighted by atomic mass is 10.2. The summed E-state index contributed by atoms with van der Waals surface area (Å²) in [5.74, 6) is 1.59. The highest BCUT2D eigenvalue weighted by atomic mass is 16.5. The van der Waals surface area contributed by atoms with Gasteiger partial charge in [-0.25, -0.2) is 4.99 Å². The molecule has 0 spiro atoms. The van der Waals surface area contributed by atoms with Gasteiger partial charge in [-0.15, -0.1) is 0 Å². The zero-order valence-electron chi connectivity index (χ0n) is 16.0. The Kier molecular flexibility index (Phi) is 7.37. The summed E-state index contributed by atoms with van der Waals surface area (Å²) in [6.07, 6.45) is 1.18. The Morgan fingerprint density at radius 2 is 2.12 bits per heavy atom. The largest absolute Gasteiger partial charge is 0.504 e. The van der Waals surface area contributed by atoms with Crippen molar-refractivity contribution in [2.75, 3.05) is 39.8 Å². The number of phenolic OH excluding ortho intramolecular Hbond substituents is 1. The summed E-state index contributed by atoms with van der Waals surface area (Å²) in [6, 6.07) is 6.03. The third-order valence-electron chi connectivity index (χ3n) is 4.78. The van der Waals surface area contributed by atoms with Crippen LogP contribution in [0, 0.1) is 0 Å². The van der Waals surface area contributed by atoms with Gasteiger partial charge in [0, 0.05) is 25.7 Å². The SMILES string of the molecule is CCNC(=NCc1ccc(OC)c(O)c1)N1CCC(N(CC)CC)C1. The lowest BCUT2D eigenvalue weighted by Crippen LogP contribution is -2.43. The molecule has 25 heavy (non-hydrogen) atoms. The molecule has 1 heterocycles. The molecule has 1 aromatic carbocycles. The minimum Gasteiger partial charge on any atom is -0.504 e. The van der Waals surface area contributed by atoms with Crippen molar-refractivity contribution in [2.24, 2.45) is 4.99 Å². The minimum absolute atomic E-state index is 0.156. The van der Waals surface area contributed by atoms with E-state index in [1.165, 1.54) is 6.42 Å². The fraction of sp³-hybridized carbons (Fsp3) is 0.632. The van der Waals surface area contributed by atoms with E-state index >= 15 is 0 Å². The first-order chi connectivity index (χ1) is 12.1. The molecule has 1 saturated heterocycles. The minimum atomic E-state index is 0.156. The molecular formula is C19H32N4O2. The van der Waals surface area contributed by atoms with Crippen LogP contribution >= 0.6 is 0 Å². The second kappa shape index (κ2) is 9.51. The Morgan fingerprint density at radius 3 is 2.72 bits per heavy atom. The first-order valence-electron chi connectivity index (χ1n) is 9.26. The Morgan fingerprint density at radius 1 is 1.36 bits per heavy atom. The van der Waals surface area contributed by atoms with E-state index in [1.54, 1.807) is 19.2 Å². The molecule has 6 nitrogen and oxygen atoms in total. The van der Waals surface area contributed by atoms with Crippen LogP contribution in [0.25, 0.3) is 0 Å². The monoisotopic (exact) mass is 348 g/mol. The van der Waals surface area contributed by atoms with Gasteiger partial charge >= 0.3 is 0 Å². The van der Waals surface area contributed by atoms with Crippen molar-refractivity contribution in [1.29, 1.82) is 0 Å². The number of rotatable bonds is 7. The summed E-state index contributed by atoms with van der Waals surface area (Å²) in [6.45, 7) is 12.1. The number of likely N-dealkylation sites (N-methyl/N-ethyl adjacent to an activating group) is 1. The molecule has 0 radical (unpaired) electrons. The molecule has 6 heteroatoms.